The molecule has 0 saturated heterocycles. The summed E-state index contributed by atoms with van der Waals surface area (Å²) in [6, 6.07) is 5.02. The van der Waals surface area contributed by atoms with E-state index in [1.165, 1.54) is 13.1 Å². The predicted octanol–water partition coefficient (Wildman–Crippen LogP) is 1.00. The Morgan fingerprint density at radius 3 is 2.82 bits per heavy atom. The van der Waals surface area contributed by atoms with E-state index in [1.54, 1.807) is 18.2 Å². The first kappa shape index (κ1) is 12.7. The van der Waals surface area contributed by atoms with E-state index < -0.39 is 5.91 Å². The van der Waals surface area contributed by atoms with E-state index in [4.69, 9.17) is 5.21 Å². The molecule has 90 valence electrons. The van der Waals surface area contributed by atoms with Gasteiger partial charge in [0.15, 0.2) is 0 Å². The zero-order chi connectivity index (χ0) is 12.8. The van der Waals surface area contributed by atoms with Gasteiger partial charge >= 0.3 is 0 Å². The van der Waals surface area contributed by atoms with Gasteiger partial charge in [0.2, 0.25) is 0 Å². The van der Waals surface area contributed by atoms with Crippen molar-refractivity contribution >= 4 is 17.8 Å². The highest BCUT2D eigenvalue weighted by atomic mass is 16.4. The van der Waals surface area contributed by atoms with Crippen LogP contribution >= 0.6 is 0 Å². The summed E-state index contributed by atoms with van der Waals surface area (Å²) in [5.74, 6) is -0.544. The summed E-state index contributed by atoms with van der Waals surface area (Å²) in [7, 11) is 0. The Hall–Kier alpha value is -2.37. The molecule has 0 aliphatic rings. The number of hydrogen-bond acceptors (Lipinski definition) is 5. The van der Waals surface area contributed by atoms with Crippen LogP contribution in [-0.2, 0) is 4.79 Å². The lowest BCUT2D eigenvalue weighted by atomic mass is 10.1. The summed E-state index contributed by atoms with van der Waals surface area (Å²) < 4.78 is 0. The van der Waals surface area contributed by atoms with E-state index in [1.807, 2.05) is 6.92 Å². The zero-order valence-electron chi connectivity index (χ0n) is 9.51. The lowest BCUT2D eigenvalue weighted by molar-refractivity contribution is -0.114. The molecule has 1 amide bonds. The van der Waals surface area contributed by atoms with Gasteiger partial charge in [-0.05, 0) is 26.0 Å². The number of benzene rings is 1. The minimum absolute atomic E-state index is 0.0705. The van der Waals surface area contributed by atoms with Crippen molar-refractivity contribution in [3.63, 3.8) is 0 Å². The Bertz CT molecular complexity index is 481. The number of hydrogen-bond donors (Lipinski definition) is 3. The van der Waals surface area contributed by atoms with E-state index >= 15 is 0 Å². The van der Waals surface area contributed by atoms with Crippen molar-refractivity contribution in [3.8, 4) is 5.75 Å². The number of carbonyl (C=O) groups excluding carboxylic acids is 1. The molecule has 1 aromatic carbocycles. The molecule has 1 rings (SSSR count). The molecule has 0 unspecified atom stereocenters. The van der Waals surface area contributed by atoms with Gasteiger partial charge in [0.05, 0.1) is 6.21 Å². The fourth-order valence-electron chi connectivity index (χ4n) is 1.06. The van der Waals surface area contributed by atoms with Gasteiger partial charge < -0.3 is 10.3 Å². The quantitative estimate of drug-likeness (QED) is 0.414. The number of amides is 1. The molecule has 6 nitrogen and oxygen atoms in total. The highest BCUT2D eigenvalue weighted by Gasteiger charge is 2.04. The molecule has 6 heteroatoms. The summed E-state index contributed by atoms with van der Waals surface area (Å²) >= 11 is 0. The van der Waals surface area contributed by atoms with Crippen LogP contribution in [0.5, 0.6) is 5.75 Å². The number of aryl methyl sites for hydroxylation is 1. The molecule has 0 atom stereocenters. The average molecular weight is 235 g/mol. The monoisotopic (exact) mass is 235 g/mol. The van der Waals surface area contributed by atoms with Gasteiger partial charge in [-0.15, -0.1) is 0 Å². The number of nitrogens with one attached hydrogen (secondary N) is 1. The second-order valence-electron chi connectivity index (χ2n) is 3.45. The molecule has 0 bridgehead atoms. The molecule has 0 aliphatic heterocycles. The van der Waals surface area contributed by atoms with E-state index in [0.717, 1.165) is 5.56 Å². The number of nitrogens with zero attached hydrogens (tertiary/aromatic N) is 2. The summed E-state index contributed by atoms with van der Waals surface area (Å²) in [5.41, 5.74) is 3.51. The van der Waals surface area contributed by atoms with E-state index in [2.05, 4.69) is 15.7 Å². The van der Waals surface area contributed by atoms with Crippen LogP contribution in [0.1, 0.15) is 18.1 Å². The van der Waals surface area contributed by atoms with Gasteiger partial charge in [0, 0.05) is 5.56 Å². The van der Waals surface area contributed by atoms with Crippen LogP contribution in [0.3, 0.4) is 0 Å². The third kappa shape index (κ3) is 3.60. The van der Waals surface area contributed by atoms with Crippen molar-refractivity contribution in [1.29, 1.82) is 0 Å². The molecule has 0 fully saturated rings. The molecule has 0 aliphatic carbocycles. The largest absolute Gasteiger partial charge is 0.507 e. The summed E-state index contributed by atoms with van der Waals surface area (Å²) in [6.45, 7) is 3.22. The molecule has 0 heterocycles. The normalized spacial score (nSPS) is 11.8. The Labute approximate surface area is 98.3 Å². The highest BCUT2D eigenvalue weighted by Crippen LogP contribution is 2.15. The minimum Gasteiger partial charge on any atom is -0.507 e. The maximum absolute atomic E-state index is 11.1. The summed E-state index contributed by atoms with van der Waals surface area (Å²) in [6.07, 6.45) is 1.31. The molecule has 1 aromatic rings. The Morgan fingerprint density at radius 1 is 1.47 bits per heavy atom. The Morgan fingerprint density at radius 2 is 2.18 bits per heavy atom. The van der Waals surface area contributed by atoms with Gasteiger partial charge in [-0.2, -0.15) is 5.10 Å². The molecular formula is C11H13N3O3. The van der Waals surface area contributed by atoms with E-state index in [0.29, 0.717) is 5.56 Å². The Balaban J connectivity index is 2.72. The van der Waals surface area contributed by atoms with Crippen LogP contribution in [0.15, 0.2) is 28.5 Å². The number of carbonyl (C=O) groups is 1. The average Bonchev–Trinajstić information content (AvgIpc) is 2.32. The minimum atomic E-state index is -0.615. The van der Waals surface area contributed by atoms with Gasteiger partial charge in [-0.3, -0.25) is 4.79 Å². The number of oxime groups is 1. The van der Waals surface area contributed by atoms with Crippen LogP contribution in [0.25, 0.3) is 0 Å². The molecule has 17 heavy (non-hydrogen) atoms. The first-order chi connectivity index (χ1) is 8.04. The molecule has 0 radical (unpaired) electrons. The zero-order valence-corrected chi connectivity index (χ0v) is 9.51. The smallest absolute Gasteiger partial charge is 0.288 e. The maximum Gasteiger partial charge on any atom is 0.288 e. The first-order valence-electron chi connectivity index (χ1n) is 4.86. The molecule has 0 spiro atoms. The van der Waals surface area contributed by atoms with Crippen molar-refractivity contribution < 1.29 is 15.1 Å². The van der Waals surface area contributed by atoms with Gasteiger partial charge in [-0.25, -0.2) is 5.43 Å². The second-order valence-corrected chi connectivity index (χ2v) is 3.45. The number of hydrazone groups is 1. The molecular weight excluding hydrogens is 222 g/mol. The van der Waals surface area contributed by atoms with Crippen LogP contribution < -0.4 is 5.43 Å². The fraction of sp³-hybridized carbons (Fsp3) is 0.182. The Kier molecular flexibility index (Phi) is 4.21. The lowest BCUT2D eigenvalue weighted by Crippen LogP contribution is -2.24. The first-order valence-corrected chi connectivity index (χ1v) is 4.86. The maximum atomic E-state index is 11.1. The van der Waals surface area contributed by atoms with Crippen LogP contribution in [0.4, 0.5) is 0 Å². The van der Waals surface area contributed by atoms with E-state index in [-0.39, 0.29) is 11.5 Å². The molecule has 0 saturated carbocycles. The standard InChI is InChI=1S/C11H13N3O3/c1-7-3-4-10(15)9(5-7)6-12-13-11(16)8(2)14-17/h3-6,15,17H,1-2H3,(H,13,16)/b12-6+,14-8?. The van der Waals surface area contributed by atoms with Gasteiger partial charge in [0.25, 0.3) is 5.91 Å². The topological polar surface area (TPSA) is 94.3 Å². The SMILES string of the molecule is CC(=NO)C(=O)N/N=C/c1cc(C)ccc1O. The lowest BCUT2D eigenvalue weighted by Gasteiger charge is -2.00. The van der Waals surface area contributed by atoms with Crippen molar-refractivity contribution in [1.82, 2.24) is 5.43 Å². The van der Waals surface area contributed by atoms with Crippen LogP contribution in [0.2, 0.25) is 0 Å². The van der Waals surface area contributed by atoms with Gasteiger partial charge in [0.1, 0.15) is 11.5 Å². The van der Waals surface area contributed by atoms with Crippen molar-refractivity contribution in [2.45, 2.75) is 13.8 Å². The molecule has 3 N–H and O–H groups in total. The van der Waals surface area contributed by atoms with Crippen LogP contribution in [0, 0.1) is 6.92 Å². The third-order valence-corrected chi connectivity index (χ3v) is 2.03. The fourth-order valence-corrected chi connectivity index (χ4v) is 1.06. The number of phenolic OH excluding ortho intramolecular Hbond substituents is 1. The molecule has 0 aromatic heterocycles. The van der Waals surface area contributed by atoms with Gasteiger partial charge in [-0.1, -0.05) is 16.8 Å². The predicted molar refractivity (Wildman–Crippen MR) is 63.5 cm³/mol. The van der Waals surface area contributed by atoms with Crippen molar-refractivity contribution in [2.75, 3.05) is 0 Å². The summed E-state index contributed by atoms with van der Waals surface area (Å²) in [4.78, 5) is 11.1. The van der Waals surface area contributed by atoms with E-state index in [9.17, 15) is 9.90 Å². The van der Waals surface area contributed by atoms with Crippen LogP contribution in [-0.4, -0.2) is 28.1 Å². The third-order valence-electron chi connectivity index (χ3n) is 2.03. The number of aromatic hydroxyl groups is 1. The number of phenols is 1. The van der Waals surface area contributed by atoms with Crippen molar-refractivity contribution in [2.24, 2.45) is 10.3 Å². The van der Waals surface area contributed by atoms with Crippen molar-refractivity contribution in [3.05, 3.63) is 29.3 Å². The highest BCUT2D eigenvalue weighted by molar-refractivity contribution is 6.37. The second kappa shape index (κ2) is 5.64. The summed E-state index contributed by atoms with van der Waals surface area (Å²) in [5, 5.41) is 24.2. The number of rotatable bonds is 3.